The summed E-state index contributed by atoms with van der Waals surface area (Å²) in [6.07, 6.45) is 0. The molecule has 1 amide bonds. The second-order valence-electron chi connectivity index (χ2n) is 5.57. The van der Waals surface area contributed by atoms with Crippen molar-refractivity contribution in [1.82, 2.24) is 9.21 Å². The number of amides is 1. The summed E-state index contributed by atoms with van der Waals surface area (Å²) in [7, 11) is -3.55. The van der Waals surface area contributed by atoms with Crippen molar-refractivity contribution in [3.63, 3.8) is 0 Å². The van der Waals surface area contributed by atoms with Gasteiger partial charge in [0.25, 0.3) is 5.91 Å². The smallest absolute Gasteiger partial charge is 0.254 e. The van der Waals surface area contributed by atoms with Crippen molar-refractivity contribution < 1.29 is 13.2 Å². The number of sulfonamides is 1. The van der Waals surface area contributed by atoms with Gasteiger partial charge in [-0.15, -0.1) is 0 Å². The third-order valence-electron chi connectivity index (χ3n) is 3.91. The molecule has 1 fully saturated rings. The number of aryl methyl sites for hydroxylation is 1. The van der Waals surface area contributed by atoms with Crippen LogP contribution in [-0.4, -0.2) is 43.3 Å². The van der Waals surface area contributed by atoms with Crippen LogP contribution in [0, 0.1) is 6.92 Å². The lowest BCUT2D eigenvalue weighted by molar-refractivity contribution is 0.0781. The Hall–Kier alpha value is -2.18. The highest BCUT2D eigenvalue weighted by molar-refractivity contribution is 7.89. The fourth-order valence-corrected chi connectivity index (χ4v) is 3.96. The second kappa shape index (κ2) is 6.14. The van der Waals surface area contributed by atoms with Crippen LogP contribution in [0.4, 0.5) is 0 Å². The van der Waals surface area contributed by atoms with E-state index in [4.69, 9.17) is 0 Å². The lowest BCUT2D eigenvalue weighted by atomic mass is 10.1. The molecule has 1 aliphatic rings. The second-order valence-corrected chi connectivity index (χ2v) is 7.51. The first-order chi connectivity index (χ1) is 11.0. The van der Waals surface area contributed by atoms with E-state index < -0.39 is 10.0 Å². The van der Waals surface area contributed by atoms with Gasteiger partial charge in [0.1, 0.15) is 0 Å². The van der Waals surface area contributed by atoms with Gasteiger partial charge in [-0.05, 0) is 31.2 Å². The molecule has 2 aromatic carbocycles. The predicted octanol–water partition coefficient (Wildman–Crippen LogP) is 2.10. The average molecular weight is 330 g/mol. The zero-order valence-corrected chi connectivity index (χ0v) is 13.7. The van der Waals surface area contributed by atoms with E-state index in [2.05, 4.69) is 0 Å². The van der Waals surface area contributed by atoms with Crippen LogP contribution in [0.2, 0.25) is 0 Å². The molecular weight excluding hydrogens is 312 g/mol. The summed E-state index contributed by atoms with van der Waals surface area (Å²) < 4.78 is 26.5. The summed E-state index contributed by atoms with van der Waals surface area (Å²) in [6.45, 7) is 2.76. The summed E-state index contributed by atoms with van der Waals surface area (Å²) in [5.41, 5.74) is 1.66. The van der Waals surface area contributed by atoms with E-state index in [0.29, 0.717) is 18.7 Å². The normalized spacial score (nSPS) is 15.8. The highest BCUT2D eigenvalue weighted by Crippen LogP contribution is 2.20. The molecule has 5 nitrogen and oxygen atoms in total. The molecule has 0 unspecified atom stereocenters. The molecule has 0 aliphatic carbocycles. The molecule has 3 rings (SSSR count). The quantitative estimate of drug-likeness (QED) is 0.866. The Morgan fingerprint density at radius 2 is 1.61 bits per heavy atom. The van der Waals surface area contributed by atoms with Crippen molar-refractivity contribution >= 4 is 15.9 Å². The Morgan fingerprint density at radius 1 is 0.957 bits per heavy atom. The summed E-state index contributed by atoms with van der Waals surface area (Å²) in [5, 5.41) is 0. The average Bonchev–Trinajstić information content (AvgIpc) is 3.06. The zero-order chi connectivity index (χ0) is 16.4. The summed E-state index contributed by atoms with van der Waals surface area (Å²) in [6, 6.07) is 15.6. The fourth-order valence-electron chi connectivity index (χ4n) is 2.55. The first kappa shape index (κ1) is 15.7. The fraction of sp³-hybridized carbons (Fsp3) is 0.235. The standard InChI is InChI=1S/C17H18N2O3S/c1-14-7-9-15(10-8-14)17(20)18-11-12-19(13-18)23(21,22)16-5-3-2-4-6-16/h2-10H,11-13H2,1H3. The van der Waals surface area contributed by atoms with Crippen molar-refractivity contribution in [2.24, 2.45) is 0 Å². The van der Waals surface area contributed by atoms with Crippen molar-refractivity contribution in [3.8, 4) is 0 Å². The van der Waals surface area contributed by atoms with Crippen molar-refractivity contribution in [2.75, 3.05) is 19.8 Å². The molecule has 1 aliphatic heterocycles. The van der Waals surface area contributed by atoms with Crippen LogP contribution >= 0.6 is 0 Å². The van der Waals surface area contributed by atoms with Gasteiger partial charge in [-0.1, -0.05) is 35.9 Å². The van der Waals surface area contributed by atoms with E-state index in [0.717, 1.165) is 5.56 Å². The molecule has 0 aromatic heterocycles. The summed E-state index contributed by atoms with van der Waals surface area (Å²) in [5.74, 6) is -0.143. The van der Waals surface area contributed by atoms with Crippen molar-refractivity contribution in [1.29, 1.82) is 0 Å². The van der Waals surface area contributed by atoms with Crippen LogP contribution in [0.5, 0.6) is 0 Å². The molecule has 0 radical (unpaired) electrons. The Kier molecular flexibility index (Phi) is 4.19. The van der Waals surface area contributed by atoms with E-state index >= 15 is 0 Å². The molecule has 6 heteroatoms. The maximum atomic E-state index is 12.6. The number of hydrogen-bond donors (Lipinski definition) is 0. The topological polar surface area (TPSA) is 57.7 Å². The maximum absolute atomic E-state index is 12.6. The number of benzene rings is 2. The van der Waals surface area contributed by atoms with Gasteiger partial charge in [-0.2, -0.15) is 4.31 Å². The van der Waals surface area contributed by atoms with Gasteiger partial charge in [0.05, 0.1) is 11.6 Å². The molecule has 120 valence electrons. The Bertz CT molecular complexity index is 801. The monoisotopic (exact) mass is 330 g/mol. The minimum atomic E-state index is -3.55. The maximum Gasteiger partial charge on any atom is 0.254 e. The van der Waals surface area contributed by atoms with E-state index in [1.807, 2.05) is 19.1 Å². The molecule has 0 saturated carbocycles. The van der Waals surface area contributed by atoms with E-state index in [1.165, 1.54) is 4.31 Å². The van der Waals surface area contributed by atoms with Gasteiger partial charge in [0, 0.05) is 18.7 Å². The van der Waals surface area contributed by atoms with Gasteiger partial charge < -0.3 is 4.90 Å². The molecule has 0 bridgehead atoms. The molecule has 23 heavy (non-hydrogen) atoms. The van der Waals surface area contributed by atoms with Crippen LogP contribution in [0.25, 0.3) is 0 Å². The predicted molar refractivity (Wildman–Crippen MR) is 87.4 cm³/mol. The highest BCUT2D eigenvalue weighted by atomic mass is 32.2. The third-order valence-corrected chi connectivity index (χ3v) is 5.76. The van der Waals surface area contributed by atoms with Crippen molar-refractivity contribution in [3.05, 3.63) is 65.7 Å². The molecule has 0 N–H and O–H groups in total. The van der Waals surface area contributed by atoms with Crippen LogP contribution in [-0.2, 0) is 10.0 Å². The lowest BCUT2D eigenvalue weighted by Gasteiger charge is -2.18. The summed E-state index contributed by atoms with van der Waals surface area (Å²) >= 11 is 0. The van der Waals surface area contributed by atoms with Gasteiger partial charge >= 0.3 is 0 Å². The molecule has 0 spiro atoms. The molecule has 2 aromatic rings. The minimum Gasteiger partial charge on any atom is -0.323 e. The van der Waals surface area contributed by atoms with E-state index in [-0.39, 0.29) is 17.5 Å². The van der Waals surface area contributed by atoms with Crippen LogP contribution in [0.15, 0.2) is 59.5 Å². The first-order valence-corrected chi connectivity index (χ1v) is 8.83. The third kappa shape index (κ3) is 3.13. The molecular formula is C17H18N2O3S. The Morgan fingerprint density at radius 3 is 2.26 bits per heavy atom. The number of nitrogens with zero attached hydrogens (tertiary/aromatic N) is 2. The van der Waals surface area contributed by atoms with E-state index in [9.17, 15) is 13.2 Å². The van der Waals surface area contributed by atoms with Gasteiger partial charge in [0.15, 0.2) is 0 Å². The van der Waals surface area contributed by atoms with Gasteiger partial charge in [-0.25, -0.2) is 8.42 Å². The largest absolute Gasteiger partial charge is 0.323 e. The van der Waals surface area contributed by atoms with Gasteiger partial charge in [-0.3, -0.25) is 4.79 Å². The van der Waals surface area contributed by atoms with Gasteiger partial charge in [0.2, 0.25) is 10.0 Å². The van der Waals surface area contributed by atoms with Crippen LogP contribution in [0.1, 0.15) is 15.9 Å². The van der Waals surface area contributed by atoms with E-state index in [1.54, 1.807) is 47.4 Å². The Labute approximate surface area is 136 Å². The highest BCUT2D eigenvalue weighted by Gasteiger charge is 2.33. The Balaban J connectivity index is 1.76. The molecule has 1 heterocycles. The minimum absolute atomic E-state index is 0.0872. The summed E-state index contributed by atoms with van der Waals surface area (Å²) in [4.78, 5) is 14.3. The van der Waals surface area contributed by atoms with Crippen molar-refractivity contribution in [2.45, 2.75) is 11.8 Å². The number of carbonyl (C=O) groups excluding carboxylic acids is 1. The molecule has 0 atom stereocenters. The molecule has 1 saturated heterocycles. The van der Waals surface area contributed by atoms with Crippen LogP contribution < -0.4 is 0 Å². The lowest BCUT2D eigenvalue weighted by Crippen LogP contribution is -2.34. The SMILES string of the molecule is Cc1ccc(C(=O)N2CCN(S(=O)(=O)c3ccccc3)C2)cc1. The number of carbonyl (C=O) groups is 1. The first-order valence-electron chi connectivity index (χ1n) is 7.39. The number of rotatable bonds is 3. The number of hydrogen-bond acceptors (Lipinski definition) is 3. The zero-order valence-electron chi connectivity index (χ0n) is 12.8. The van der Waals surface area contributed by atoms with Crippen LogP contribution in [0.3, 0.4) is 0 Å².